The number of benzene rings is 1. The van der Waals surface area contributed by atoms with E-state index < -0.39 is 0 Å². The van der Waals surface area contributed by atoms with Gasteiger partial charge in [-0.05, 0) is 31.9 Å². The molecule has 0 saturated heterocycles. The standard InChI is InChI=1S/C21H29N5O/c1-4-6-7-10-13-26-19(22)17(21(27)23-14(3)5-2)18-20(26)25-16-12-9-8-11-15(16)24-18/h8-9,11-12,14H,4-7,10,13,22H2,1-3H3,(H,23,27)/t14-/m1/s1. The summed E-state index contributed by atoms with van der Waals surface area (Å²) in [5, 5.41) is 3.02. The number of fused-ring (bicyclic) bond motifs is 2. The average molecular weight is 367 g/mol. The number of aryl methyl sites for hydroxylation is 1. The molecule has 3 aromatic rings. The first-order valence-electron chi connectivity index (χ1n) is 9.92. The van der Waals surface area contributed by atoms with Gasteiger partial charge in [-0.1, -0.05) is 45.2 Å². The fraction of sp³-hybridized carbons (Fsp3) is 0.476. The maximum absolute atomic E-state index is 12.9. The lowest BCUT2D eigenvalue weighted by Crippen LogP contribution is -2.32. The van der Waals surface area contributed by atoms with Gasteiger partial charge < -0.3 is 15.6 Å². The highest BCUT2D eigenvalue weighted by molar-refractivity contribution is 6.10. The van der Waals surface area contributed by atoms with Gasteiger partial charge in [0.1, 0.15) is 16.9 Å². The number of carbonyl (C=O) groups is 1. The van der Waals surface area contributed by atoms with E-state index in [1.54, 1.807) is 0 Å². The number of hydrogen-bond donors (Lipinski definition) is 2. The average Bonchev–Trinajstić information content (AvgIpc) is 2.94. The highest BCUT2D eigenvalue weighted by Crippen LogP contribution is 2.28. The molecule has 3 rings (SSSR count). The van der Waals surface area contributed by atoms with Crippen LogP contribution in [0.15, 0.2) is 24.3 Å². The largest absolute Gasteiger partial charge is 0.384 e. The molecule has 1 aromatic carbocycles. The van der Waals surface area contributed by atoms with Crippen molar-refractivity contribution >= 4 is 33.9 Å². The van der Waals surface area contributed by atoms with Crippen LogP contribution < -0.4 is 11.1 Å². The molecule has 6 nitrogen and oxygen atoms in total. The van der Waals surface area contributed by atoms with Gasteiger partial charge >= 0.3 is 0 Å². The summed E-state index contributed by atoms with van der Waals surface area (Å²) in [5.74, 6) is 0.279. The quantitative estimate of drug-likeness (QED) is 0.582. The molecular weight excluding hydrogens is 338 g/mol. The normalized spacial score (nSPS) is 12.6. The smallest absolute Gasteiger partial charge is 0.257 e. The number of nitrogens with one attached hydrogen (secondary N) is 1. The van der Waals surface area contributed by atoms with Crippen molar-refractivity contribution in [2.75, 3.05) is 5.73 Å². The van der Waals surface area contributed by atoms with E-state index in [1.165, 1.54) is 12.8 Å². The van der Waals surface area contributed by atoms with Crippen LogP contribution in [-0.2, 0) is 6.54 Å². The van der Waals surface area contributed by atoms with Gasteiger partial charge in [-0.25, -0.2) is 9.97 Å². The Hall–Kier alpha value is -2.63. The molecule has 0 aliphatic heterocycles. The summed E-state index contributed by atoms with van der Waals surface area (Å²) in [6, 6.07) is 7.79. The van der Waals surface area contributed by atoms with Crippen molar-refractivity contribution in [3.8, 4) is 0 Å². The van der Waals surface area contributed by atoms with Gasteiger partial charge in [-0.15, -0.1) is 0 Å². The van der Waals surface area contributed by atoms with Crippen LogP contribution in [0.25, 0.3) is 22.2 Å². The molecule has 1 atom stereocenters. The van der Waals surface area contributed by atoms with Crippen molar-refractivity contribution < 1.29 is 4.79 Å². The first kappa shape index (κ1) is 19.1. The molecule has 6 heteroatoms. The van der Waals surface area contributed by atoms with E-state index in [0.717, 1.165) is 36.8 Å². The number of nitrogen functional groups attached to an aromatic ring is 1. The first-order chi connectivity index (χ1) is 13.1. The maximum atomic E-state index is 12.9. The first-order valence-corrected chi connectivity index (χ1v) is 9.92. The second-order valence-corrected chi connectivity index (χ2v) is 7.14. The Labute approximate surface area is 160 Å². The molecule has 0 aliphatic carbocycles. The zero-order valence-corrected chi connectivity index (χ0v) is 16.5. The fourth-order valence-electron chi connectivity index (χ4n) is 3.26. The van der Waals surface area contributed by atoms with Crippen LogP contribution in [0, 0.1) is 0 Å². The number of rotatable bonds is 8. The number of para-hydroxylation sites is 2. The molecule has 144 valence electrons. The molecule has 0 bridgehead atoms. The highest BCUT2D eigenvalue weighted by Gasteiger charge is 2.24. The van der Waals surface area contributed by atoms with Crippen molar-refractivity contribution in [3.05, 3.63) is 29.8 Å². The maximum Gasteiger partial charge on any atom is 0.257 e. The Kier molecular flexibility index (Phi) is 5.94. The van der Waals surface area contributed by atoms with Crippen LogP contribution in [-0.4, -0.2) is 26.5 Å². The van der Waals surface area contributed by atoms with E-state index in [0.29, 0.717) is 22.5 Å². The second-order valence-electron chi connectivity index (χ2n) is 7.14. The molecule has 27 heavy (non-hydrogen) atoms. The van der Waals surface area contributed by atoms with E-state index in [4.69, 9.17) is 15.7 Å². The van der Waals surface area contributed by atoms with Crippen LogP contribution in [0.1, 0.15) is 63.2 Å². The molecule has 0 radical (unpaired) electrons. The van der Waals surface area contributed by atoms with Crippen LogP contribution in [0.4, 0.5) is 5.82 Å². The minimum Gasteiger partial charge on any atom is -0.384 e. The van der Waals surface area contributed by atoms with Crippen molar-refractivity contribution in [3.63, 3.8) is 0 Å². The number of anilines is 1. The number of hydrogen-bond acceptors (Lipinski definition) is 4. The van der Waals surface area contributed by atoms with Gasteiger partial charge in [0.15, 0.2) is 5.65 Å². The molecule has 0 fully saturated rings. The summed E-state index contributed by atoms with van der Waals surface area (Å²) >= 11 is 0. The molecule has 2 heterocycles. The Balaban J connectivity index is 2.10. The molecule has 1 amide bonds. The number of nitrogens with zero attached hydrogens (tertiary/aromatic N) is 3. The van der Waals surface area contributed by atoms with E-state index in [-0.39, 0.29) is 11.9 Å². The number of aromatic nitrogens is 3. The fourth-order valence-corrected chi connectivity index (χ4v) is 3.26. The van der Waals surface area contributed by atoms with E-state index in [9.17, 15) is 4.79 Å². The zero-order valence-electron chi connectivity index (χ0n) is 16.5. The van der Waals surface area contributed by atoms with Gasteiger partial charge in [-0.3, -0.25) is 4.79 Å². The van der Waals surface area contributed by atoms with Crippen molar-refractivity contribution in [2.45, 2.75) is 65.5 Å². The predicted molar refractivity (Wildman–Crippen MR) is 111 cm³/mol. The van der Waals surface area contributed by atoms with Crippen LogP contribution in [0.3, 0.4) is 0 Å². The minimum absolute atomic E-state index is 0.0771. The molecule has 0 aliphatic rings. The lowest BCUT2D eigenvalue weighted by atomic mass is 10.2. The Bertz CT molecular complexity index is 947. The molecule has 3 N–H and O–H groups in total. The number of carbonyl (C=O) groups excluding carboxylic acids is 1. The summed E-state index contributed by atoms with van der Waals surface area (Å²) in [6.45, 7) is 6.96. The Morgan fingerprint density at radius 2 is 1.85 bits per heavy atom. The minimum atomic E-state index is -0.177. The Morgan fingerprint density at radius 3 is 2.52 bits per heavy atom. The third-order valence-electron chi connectivity index (χ3n) is 5.04. The topological polar surface area (TPSA) is 85.8 Å². The lowest BCUT2D eigenvalue weighted by Gasteiger charge is -2.11. The highest BCUT2D eigenvalue weighted by atomic mass is 16.1. The predicted octanol–water partition coefficient (Wildman–Crippen LogP) is 4.28. The lowest BCUT2D eigenvalue weighted by molar-refractivity contribution is 0.0941. The summed E-state index contributed by atoms with van der Waals surface area (Å²) in [7, 11) is 0. The molecule has 2 aromatic heterocycles. The van der Waals surface area contributed by atoms with Crippen molar-refractivity contribution in [1.29, 1.82) is 0 Å². The van der Waals surface area contributed by atoms with Crippen LogP contribution in [0.2, 0.25) is 0 Å². The molecule has 0 unspecified atom stereocenters. The zero-order chi connectivity index (χ0) is 19.4. The summed E-state index contributed by atoms with van der Waals surface area (Å²) in [4.78, 5) is 22.4. The van der Waals surface area contributed by atoms with E-state index in [1.807, 2.05) is 42.7 Å². The van der Waals surface area contributed by atoms with Gasteiger partial charge in [-0.2, -0.15) is 0 Å². The van der Waals surface area contributed by atoms with Crippen molar-refractivity contribution in [2.24, 2.45) is 0 Å². The second kappa shape index (κ2) is 8.37. The van der Waals surface area contributed by atoms with Gasteiger partial charge in [0, 0.05) is 12.6 Å². The molecular formula is C21H29N5O. The number of unbranched alkanes of at least 4 members (excludes halogenated alkanes) is 3. The molecule has 0 spiro atoms. The number of amides is 1. The van der Waals surface area contributed by atoms with E-state index in [2.05, 4.69) is 12.2 Å². The molecule has 0 saturated carbocycles. The van der Waals surface area contributed by atoms with Crippen LogP contribution >= 0.6 is 0 Å². The van der Waals surface area contributed by atoms with Gasteiger partial charge in [0.2, 0.25) is 0 Å². The third kappa shape index (κ3) is 3.89. The Morgan fingerprint density at radius 1 is 1.15 bits per heavy atom. The summed E-state index contributed by atoms with van der Waals surface area (Å²) < 4.78 is 1.95. The van der Waals surface area contributed by atoms with Crippen LogP contribution in [0.5, 0.6) is 0 Å². The summed E-state index contributed by atoms with van der Waals surface area (Å²) in [6.07, 6.45) is 5.35. The van der Waals surface area contributed by atoms with Gasteiger partial charge in [0.05, 0.1) is 11.0 Å². The SMILES string of the molecule is CCCCCCn1c(N)c(C(=O)N[C@H](C)CC)c2nc3ccccc3nc21. The van der Waals surface area contributed by atoms with E-state index >= 15 is 0 Å². The monoisotopic (exact) mass is 367 g/mol. The number of nitrogens with two attached hydrogens (primary N) is 1. The van der Waals surface area contributed by atoms with Gasteiger partial charge in [0.25, 0.3) is 5.91 Å². The third-order valence-corrected chi connectivity index (χ3v) is 5.04. The van der Waals surface area contributed by atoms with Crippen molar-refractivity contribution in [1.82, 2.24) is 19.9 Å². The summed E-state index contributed by atoms with van der Waals surface area (Å²) in [5.41, 5.74) is 9.74.